The predicted octanol–water partition coefficient (Wildman–Crippen LogP) is 1.16. The van der Waals surface area contributed by atoms with E-state index >= 15 is 0 Å². The van der Waals surface area contributed by atoms with Crippen LogP contribution >= 0.6 is 0 Å². The zero-order chi connectivity index (χ0) is 12.4. The summed E-state index contributed by atoms with van der Waals surface area (Å²) < 4.78 is 5.42. The highest BCUT2D eigenvalue weighted by Gasteiger charge is 2.38. The van der Waals surface area contributed by atoms with Crippen LogP contribution in [-0.4, -0.2) is 49.2 Å². The summed E-state index contributed by atoms with van der Waals surface area (Å²) in [5.74, 6) is 1.05. The monoisotopic (exact) mass is 252 g/mol. The first kappa shape index (κ1) is 12.4. The molecule has 1 N–H and O–H groups in total. The molecule has 1 saturated carbocycles. The number of likely N-dealkylation sites (tertiary alicyclic amines) is 1. The fourth-order valence-corrected chi connectivity index (χ4v) is 3.82. The minimum Gasteiger partial charge on any atom is -0.378 e. The molecule has 0 spiro atoms. The van der Waals surface area contributed by atoms with Crippen molar-refractivity contribution in [2.24, 2.45) is 5.92 Å². The third kappa shape index (κ3) is 2.41. The van der Waals surface area contributed by atoms with Gasteiger partial charge in [-0.1, -0.05) is 12.8 Å². The van der Waals surface area contributed by atoms with Gasteiger partial charge in [-0.3, -0.25) is 4.79 Å². The van der Waals surface area contributed by atoms with E-state index in [0.29, 0.717) is 12.6 Å². The number of nitrogens with zero attached hydrogens (tertiary/aromatic N) is 1. The summed E-state index contributed by atoms with van der Waals surface area (Å²) in [7, 11) is 0. The Morgan fingerprint density at radius 1 is 1.17 bits per heavy atom. The second kappa shape index (κ2) is 5.57. The van der Waals surface area contributed by atoms with Crippen molar-refractivity contribution in [1.82, 2.24) is 10.2 Å². The maximum Gasteiger partial charge on any atom is 0.242 e. The fourth-order valence-electron chi connectivity index (χ4n) is 3.82. The largest absolute Gasteiger partial charge is 0.378 e. The maximum atomic E-state index is 12.6. The summed E-state index contributed by atoms with van der Waals surface area (Å²) in [4.78, 5) is 14.8. The molecule has 4 heteroatoms. The van der Waals surface area contributed by atoms with Crippen LogP contribution in [-0.2, 0) is 9.53 Å². The van der Waals surface area contributed by atoms with Gasteiger partial charge in [0.1, 0.15) is 6.04 Å². The summed E-state index contributed by atoms with van der Waals surface area (Å²) in [5.41, 5.74) is 0. The number of rotatable bonds is 1. The molecule has 2 heterocycles. The standard InChI is InChI=1S/C14H24N2O2/c17-14(12-10-18-9-7-15-12)16-8-3-5-11-4-1-2-6-13(11)16/h11-13,15H,1-10H2. The molecular formula is C14H24N2O2. The number of carbonyl (C=O) groups excluding carboxylic acids is 1. The third-order valence-electron chi connectivity index (χ3n) is 4.75. The van der Waals surface area contributed by atoms with Gasteiger partial charge in [0.05, 0.1) is 13.2 Å². The Labute approximate surface area is 109 Å². The molecule has 0 radical (unpaired) electrons. The number of ether oxygens (including phenoxy) is 1. The van der Waals surface area contributed by atoms with Crippen LogP contribution < -0.4 is 5.32 Å². The molecular weight excluding hydrogens is 228 g/mol. The Morgan fingerprint density at radius 3 is 2.83 bits per heavy atom. The van der Waals surface area contributed by atoms with Crippen LogP contribution in [0.3, 0.4) is 0 Å². The summed E-state index contributed by atoms with van der Waals surface area (Å²) in [6.07, 6.45) is 7.68. The van der Waals surface area contributed by atoms with E-state index in [0.717, 1.165) is 25.6 Å². The van der Waals surface area contributed by atoms with Crippen LogP contribution in [0.2, 0.25) is 0 Å². The van der Waals surface area contributed by atoms with Crippen LogP contribution in [0, 0.1) is 5.92 Å². The van der Waals surface area contributed by atoms with Crippen LogP contribution in [0.4, 0.5) is 0 Å². The minimum absolute atomic E-state index is 0.0978. The molecule has 3 rings (SSSR count). The van der Waals surface area contributed by atoms with Gasteiger partial charge < -0.3 is 15.0 Å². The number of hydrogen-bond donors (Lipinski definition) is 1. The van der Waals surface area contributed by atoms with Crippen molar-refractivity contribution in [1.29, 1.82) is 0 Å². The lowest BCUT2D eigenvalue weighted by atomic mass is 9.78. The molecule has 0 aromatic carbocycles. The molecule has 4 nitrogen and oxygen atoms in total. The average molecular weight is 252 g/mol. The van der Waals surface area contributed by atoms with Gasteiger partial charge in [0.25, 0.3) is 0 Å². The topological polar surface area (TPSA) is 41.6 Å². The number of fused-ring (bicyclic) bond motifs is 1. The molecule has 3 aliphatic rings. The van der Waals surface area contributed by atoms with Crippen molar-refractivity contribution in [3.63, 3.8) is 0 Å². The lowest BCUT2D eigenvalue weighted by Crippen LogP contribution is -2.58. The van der Waals surface area contributed by atoms with Crippen LogP contribution in [0.25, 0.3) is 0 Å². The molecule has 102 valence electrons. The second-order valence-corrected chi connectivity index (χ2v) is 5.87. The molecule has 1 aliphatic carbocycles. The number of nitrogens with one attached hydrogen (secondary N) is 1. The van der Waals surface area contributed by atoms with E-state index in [9.17, 15) is 4.79 Å². The van der Waals surface area contributed by atoms with Crippen molar-refractivity contribution in [3.05, 3.63) is 0 Å². The Hall–Kier alpha value is -0.610. The highest BCUT2D eigenvalue weighted by Crippen LogP contribution is 2.35. The van der Waals surface area contributed by atoms with Gasteiger partial charge >= 0.3 is 0 Å². The van der Waals surface area contributed by atoms with Crippen molar-refractivity contribution in [2.75, 3.05) is 26.3 Å². The molecule has 3 fully saturated rings. The van der Waals surface area contributed by atoms with E-state index in [1.165, 1.54) is 38.5 Å². The van der Waals surface area contributed by atoms with Crippen LogP contribution in [0.15, 0.2) is 0 Å². The van der Waals surface area contributed by atoms with Gasteiger partial charge in [-0.05, 0) is 31.6 Å². The van der Waals surface area contributed by atoms with Crippen molar-refractivity contribution >= 4 is 5.91 Å². The van der Waals surface area contributed by atoms with Gasteiger partial charge in [0.15, 0.2) is 0 Å². The van der Waals surface area contributed by atoms with E-state index in [4.69, 9.17) is 4.74 Å². The molecule has 0 aromatic heterocycles. The van der Waals surface area contributed by atoms with E-state index in [1.54, 1.807) is 0 Å². The van der Waals surface area contributed by atoms with Gasteiger partial charge in [-0.15, -0.1) is 0 Å². The van der Waals surface area contributed by atoms with Crippen molar-refractivity contribution in [3.8, 4) is 0 Å². The fraction of sp³-hybridized carbons (Fsp3) is 0.929. The van der Waals surface area contributed by atoms with E-state index in [1.807, 2.05) is 0 Å². The molecule has 0 bridgehead atoms. The van der Waals surface area contributed by atoms with E-state index in [2.05, 4.69) is 10.2 Å². The Morgan fingerprint density at radius 2 is 2.00 bits per heavy atom. The SMILES string of the molecule is O=C(C1COCCN1)N1CCCC2CCCCC21. The predicted molar refractivity (Wildman–Crippen MR) is 69.3 cm³/mol. The molecule has 2 saturated heterocycles. The van der Waals surface area contributed by atoms with E-state index in [-0.39, 0.29) is 11.9 Å². The lowest BCUT2D eigenvalue weighted by Gasteiger charge is -2.45. The molecule has 1 amide bonds. The van der Waals surface area contributed by atoms with Gasteiger partial charge in [-0.25, -0.2) is 0 Å². The zero-order valence-corrected chi connectivity index (χ0v) is 11.1. The smallest absolute Gasteiger partial charge is 0.242 e. The van der Waals surface area contributed by atoms with Gasteiger partial charge in [0, 0.05) is 19.1 Å². The minimum atomic E-state index is -0.0978. The molecule has 2 aliphatic heterocycles. The first-order valence-corrected chi connectivity index (χ1v) is 7.48. The maximum absolute atomic E-state index is 12.6. The summed E-state index contributed by atoms with van der Waals surface area (Å²) in [6, 6.07) is 0.420. The van der Waals surface area contributed by atoms with E-state index < -0.39 is 0 Å². The highest BCUT2D eigenvalue weighted by molar-refractivity contribution is 5.82. The number of morpholine rings is 1. The van der Waals surface area contributed by atoms with Gasteiger partial charge in [-0.2, -0.15) is 0 Å². The normalized spacial score (nSPS) is 37.1. The van der Waals surface area contributed by atoms with Crippen molar-refractivity contribution in [2.45, 2.75) is 50.6 Å². The van der Waals surface area contributed by atoms with Crippen LogP contribution in [0.1, 0.15) is 38.5 Å². The molecule has 0 aromatic rings. The number of carbonyl (C=O) groups is 1. The summed E-state index contributed by atoms with van der Waals surface area (Å²) in [5, 5.41) is 3.30. The average Bonchev–Trinajstić information content (AvgIpc) is 2.47. The lowest BCUT2D eigenvalue weighted by molar-refractivity contribution is -0.142. The summed E-state index contributed by atoms with van der Waals surface area (Å²) >= 11 is 0. The Balaban J connectivity index is 1.67. The quantitative estimate of drug-likeness (QED) is 0.761. The first-order chi connectivity index (χ1) is 8.86. The first-order valence-electron chi connectivity index (χ1n) is 7.48. The summed E-state index contributed by atoms with van der Waals surface area (Å²) in [6.45, 7) is 3.04. The zero-order valence-electron chi connectivity index (χ0n) is 11.1. The van der Waals surface area contributed by atoms with Gasteiger partial charge in [0.2, 0.25) is 5.91 Å². The highest BCUT2D eigenvalue weighted by atomic mass is 16.5. The van der Waals surface area contributed by atoms with Crippen molar-refractivity contribution < 1.29 is 9.53 Å². The molecule has 18 heavy (non-hydrogen) atoms. The third-order valence-corrected chi connectivity index (χ3v) is 4.75. The number of hydrogen-bond acceptors (Lipinski definition) is 3. The molecule has 3 unspecified atom stereocenters. The number of amides is 1. The Bertz CT molecular complexity index is 300. The number of piperidine rings is 1. The second-order valence-electron chi connectivity index (χ2n) is 5.87. The Kier molecular flexibility index (Phi) is 3.85. The molecule has 3 atom stereocenters. The van der Waals surface area contributed by atoms with Crippen LogP contribution in [0.5, 0.6) is 0 Å².